The quantitative estimate of drug-likeness (QED) is 0.185. The zero-order valence-corrected chi connectivity index (χ0v) is 16.5. The van der Waals surface area contributed by atoms with Gasteiger partial charge in [-0.1, -0.05) is 30.3 Å². The Hall–Kier alpha value is -4.71. The molecule has 3 aromatic carbocycles. The number of phenols is 1. The number of anilines is 1. The van der Waals surface area contributed by atoms with Gasteiger partial charge in [0.05, 0.1) is 16.7 Å². The van der Waals surface area contributed by atoms with Gasteiger partial charge in [0.15, 0.2) is 0 Å². The molecule has 0 heterocycles. The van der Waals surface area contributed by atoms with Gasteiger partial charge in [-0.15, -0.1) is 0 Å². The van der Waals surface area contributed by atoms with Gasteiger partial charge in [-0.2, -0.15) is 5.26 Å². The highest BCUT2D eigenvalue weighted by atomic mass is 19.1. The first-order valence-corrected chi connectivity index (χ1v) is 9.24. The molecule has 0 aromatic heterocycles. The van der Waals surface area contributed by atoms with Gasteiger partial charge < -0.3 is 15.2 Å². The van der Waals surface area contributed by atoms with Gasteiger partial charge in [0.1, 0.15) is 35.6 Å². The number of non-ortho nitro benzene ring substituents is 1. The molecule has 0 saturated carbocycles. The lowest BCUT2D eigenvalue weighted by atomic mass is 10.1. The summed E-state index contributed by atoms with van der Waals surface area (Å²) in [6.45, 7) is 0.0481. The smallest absolute Gasteiger partial charge is 0.273 e. The fourth-order valence-electron chi connectivity index (χ4n) is 2.68. The predicted molar refractivity (Wildman–Crippen MR) is 114 cm³/mol. The van der Waals surface area contributed by atoms with E-state index in [4.69, 9.17) is 4.74 Å². The minimum absolute atomic E-state index is 0.0481. The van der Waals surface area contributed by atoms with E-state index in [0.717, 1.165) is 12.1 Å². The van der Waals surface area contributed by atoms with Crippen molar-refractivity contribution in [1.82, 2.24) is 0 Å². The fraction of sp³-hybridized carbons (Fsp3) is 0.0435. The number of nitro benzene ring substituents is 1. The topological polar surface area (TPSA) is 125 Å². The lowest BCUT2D eigenvalue weighted by molar-refractivity contribution is -0.384. The molecule has 9 heteroatoms. The van der Waals surface area contributed by atoms with Crippen LogP contribution in [0.25, 0.3) is 6.08 Å². The van der Waals surface area contributed by atoms with Crippen LogP contribution in [0.5, 0.6) is 11.5 Å². The number of nitriles is 1. The molecule has 0 saturated heterocycles. The molecule has 0 fully saturated rings. The highest BCUT2D eigenvalue weighted by Crippen LogP contribution is 2.28. The number of benzene rings is 3. The summed E-state index contributed by atoms with van der Waals surface area (Å²) in [5.74, 6) is -1.18. The van der Waals surface area contributed by atoms with Crippen LogP contribution in [0.3, 0.4) is 0 Å². The van der Waals surface area contributed by atoms with E-state index in [1.807, 2.05) is 0 Å². The molecule has 8 nitrogen and oxygen atoms in total. The molecule has 32 heavy (non-hydrogen) atoms. The number of carbonyl (C=O) groups excluding carboxylic acids is 1. The first-order chi connectivity index (χ1) is 15.4. The van der Waals surface area contributed by atoms with E-state index in [0.29, 0.717) is 16.9 Å². The van der Waals surface area contributed by atoms with Crippen molar-refractivity contribution in [1.29, 1.82) is 5.26 Å². The zero-order valence-electron chi connectivity index (χ0n) is 16.5. The summed E-state index contributed by atoms with van der Waals surface area (Å²) in [7, 11) is 0. The first kappa shape index (κ1) is 22.0. The van der Waals surface area contributed by atoms with Crippen LogP contribution in [0.2, 0.25) is 0 Å². The molecular weight excluding hydrogens is 417 g/mol. The normalized spacial score (nSPS) is 10.8. The molecule has 0 atom stereocenters. The highest BCUT2D eigenvalue weighted by molar-refractivity contribution is 6.10. The molecule has 0 aliphatic heterocycles. The molecule has 0 unspecified atom stereocenters. The molecule has 3 aromatic rings. The Morgan fingerprint density at radius 3 is 2.53 bits per heavy atom. The number of nitrogens with zero attached hydrogens (tertiary/aromatic N) is 2. The van der Waals surface area contributed by atoms with Crippen molar-refractivity contribution in [3.8, 4) is 17.6 Å². The number of nitrogens with one attached hydrogen (secondary N) is 1. The second-order valence-corrected chi connectivity index (χ2v) is 6.53. The molecule has 3 rings (SSSR count). The summed E-state index contributed by atoms with van der Waals surface area (Å²) < 4.78 is 19.2. The van der Waals surface area contributed by atoms with Crippen LogP contribution in [0.4, 0.5) is 15.8 Å². The number of aromatic hydroxyl groups is 1. The molecular formula is C23H16FN3O5. The number of hydrogen-bond donors (Lipinski definition) is 2. The van der Waals surface area contributed by atoms with E-state index in [1.165, 1.54) is 18.2 Å². The number of amides is 1. The summed E-state index contributed by atoms with van der Waals surface area (Å²) in [6, 6.07) is 17.7. The van der Waals surface area contributed by atoms with E-state index in [-0.39, 0.29) is 29.4 Å². The van der Waals surface area contributed by atoms with Crippen molar-refractivity contribution in [3.63, 3.8) is 0 Å². The average molecular weight is 433 g/mol. The van der Waals surface area contributed by atoms with Crippen LogP contribution in [-0.4, -0.2) is 15.9 Å². The Balaban J connectivity index is 1.68. The van der Waals surface area contributed by atoms with Crippen molar-refractivity contribution in [2.24, 2.45) is 0 Å². The molecule has 0 bridgehead atoms. The summed E-state index contributed by atoms with van der Waals surface area (Å²) >= 11 is 0. The molecule has 0 aliphatic rings. The maximum Gasteiger partial charge on any atom is 0.273 e. The first-order valence-electron chi connectivity index (χ1n) is 9.24. The second kappa shape index (κ2) is 9.86. The van der Waals surface area contributed by atoms with Crippen LogP contribution in [-0.2, 0) is 11.4 Å². The minimum atomic E-state index is -0.795. The third-order valence-electron chi connectivity index (χ3n) is 4.35. The van der Waals surface area contributed by atoms with Gasteiger partial charge in [-0.25, -0.2) is 4.39 Å². The van der Waals surface area contributed by atoms with Crippen LogP contribution in [0.1, 0.15) is 11.1 Å². The van der Waals surface area contributed by atoms with Crippen molar-refractivity contribution in [3.05, 3.63) is 99.4 Å². The van der Waals surface area contributed by atoms with Gasteiger partial charge in [-0.3, -0.25) is 14.9 Å². The molecule has 2 N–H and O–H groups in total. The predicted octanol–water partition coefficient (Wildman–Crippen LogP) is 4.56. The molecule has 0 spiro atoms. The monoisotopic (exact) mass is 433 g/mol. The summed E-state index contributed by atoms with van der Waals surface area (Å²) in [6.07, 6.45) is 1.33. The standard InChI is InChI=1S/C23H16FN3O5/c24-20-4-2-1-3-16(20)14-32-19-8-5-15(6-9-19)11-17(13-25)23(29)26-21-10-7-18(27(30)31)12-22(21)28/h1-12,28H,14H2,(H,26,29)/b17-11-. The third kappa shape index (κ3) is 5.46. The Kier molecular flexibility index (Phi) is 6.78. The van der Waals surface area contributed by atoms with E-state index < -0.39 is 16.6 Å². The second-order valence-electron chi connectivity index (χ2n) is 6.53. The fourth-order valence-corrected chi connectivity index (χ4v) is 2.68. The Morgan fingerprint density at radius 1 is 1.19 bits per heavy atom. The lowest BCUT2D eigenvalue weighted by Gasteiger charge is -2.08. The average Bonchev–Trinajstić information content (AvgIpc) is 2.78. The van der Waals surface area contributed by atoms with Gasteiger partial charge in [0.2, 0.25) is 0 Å². The third-order valence-corrected chi connectivity index (χ3v) is 4.35. The number of halogens is 1. The maximum absolute atomic E-state index is 13.6. The van der Waals surface area contributed by atoms with E-state index >= 15 is 0 Å². The van der Waals surface area contributed by atoms with Crippen LogP contribution >= 0.6 is 0 Å². The number of rotatable bonds is 7. The Morgan fingerprint density at radius 2 is 1.91 bits per heavy atom. The van der Waals surface area contributed by atoms with E-state index in [2.05, 4.69) is 5.32 Å². The van der Waals surface area contributed by atoms with E-state index in [9.17, 15) is 29.7 Å². The van der Waals surface area contributed by atoms with Crippen molar-refractivity contribution < 1.29 is 24.0 Å². The van der Waals surface area contributed by atoms with Gasteiger partial charge in [0.25, 0.3) is 11.6 Å². The number of phenolic OH excluding ortho intramolecular Hbond substituents is 1. The summed E-state index contributed by atoms with van der Waals surface area (Å²) in [5.41, 5.74) is 0.285. The van der Waals surface area contributed by atoms with Crippen LogP contribution < -0.4 is 10.1 Å². The number of carbonyl (C=O) groups is 1. The minimum Gasteiger partial charge on any atom is -0.506 e. The zero-order chi connectivity index (χ0) is 23.1. The molecule has 0 aliphatic carbocycles. The number of hydrogen-bond acceptors (Lipinski definition) is 6. The molecule has 1 amide bonds. The maximum atomic E-state index is 13.6. The Bertz CT molecular complexity index is 1230. The lowest BCUT2D eigenvalue weighted by Crippen LogP contribution is -2.13. The van der Waals surface area contributed by atoms with Crippen molar-refractivity contribution in [2.75, 3.05) is 5.32 Å². The van der Waals surface area contributed by atoms with Crippen molar-refractivity contribution in [2.45, 2.75) is 6.61 Å². The largest absolute Gasteiger partial charge is 0.506 e. The highest BCUT2D eigenvalue weighted by Gasteiger charge is 2.15. The van der Waals surface area contributed by atoms with E-state index in [1.54, 1.807) is 48.5 Å². The SMILES string of the molecule is N#C/C(=C/c1ccc(OCc2ccccc2F)cc1)C(=O)Nc1ccc([N+](=O)[O-])cc1O. The Labute approximate surface area is 182 Å². The van der Waals surface area contributed by atoms with Crippen molar-refractivity contribution >= 4 is 23.4 Å². The molecule has 160 valence electrons. The number of nitro groups is 1. The van der Waals surface area contributed by atoms with Crippen LogP contribution in [0, 0.1) is 27.3 Å². The molecule has 0 radical (unpaired) electrons. The van der Waals surface area contributed by atoms with Gasteiger partial charge in [-0.05, 0) is 35.9 Å². The van der Waals surface area contributed by atoms with Gasteiger partial charge in [0, 0.05) is 11.6 Å². The summed E-state index contributed by atoms with van der Waals surface area (Å²) in [5, 5.41) is 32.2. The van der Waals surface area contributed by atoms with Gasteiger partial charge >= 0.3 is 0 Å². The van der Waals surface area contributed by atoms with Crippen LogP contribution in [0.15, 0.2) is 72.3 Å². The number of ether oxygens (including phenoxy) is 1. The summed E-state index contributed by atoms with van der Waals surface area (Å²) in [4.78, 5) is 22.4.